The van der Waals surface area contributed by atoms with Gasteiger partial charge in [0.25, 0.3) is 0 Å². The molecule has 2 aromatic heterocycles. The van der Waals surface area contributed by atoms with Gasteiger partial charge >= 0.3 is 0 Å². The summed E-state index contributed by atoms with van der Waals surface area (Å²) in [7, 11) is 1.84. The SMILES string of the molecule is CNc1nc(N(CCC#N)C2CC2)c2cc(C)sc2n1. The highest BCUT2D eigenvalue weighted by atomic mass is 32.1. The highest BCUT2D eigenvalue weighted by Crippen LogP contribution is 2.37. The van der Waals surface area contributed by atoms with Gasteiger partial charge in [0.2, 0.25) is 5.95 Å². The number of hydrogen-bond acceptors (Lipinski definition) is 6. The Balaban J connectivity index is 2.09. The Bertz CT molecular complexity index is 668. The molecule has 0 aliphatic heterocycles. The van der Waals surface area contributed by atoms with E-state index in [2.05, 4.69) is 39.2 Å². The Morgan fingerprint density at radius 1 is 1.50 bits per heavy atom. The van der Waals surface area contributed by atoms with Gasteiger partial charge in [-0.05, 0) is 25.8 Å². The Labute approximate surface area is 122 Å². The van der Waals surface area contributed by atoms with E-state index in [-0.39, 0.29) is 0 Å². The third kappa shape index (κ3) is 2.41. The van der Waals surface area contributed by atoms with Gasteiger partial charge in [-0.15, -0.1) is 11.3 Å². The molecule has 0 aromatic carbocycles. The van der Waals surface area contributed by atoms with Crippen LogP contribution in [0.4, 0.5) is 11.8 Å². The molecule has 1 aliphatic rings. The standard InChI is InChI=1S/C14H17N5S/c1-9-8-11-12(17-14(16-2)18-13(11)20-9)19(7-3-6-15)10-4-5-10/h8,10H,3-5,7H2,1-2H3,(H,16,17,18). The molecular formula is C14H17N5S. The van der Waals surface area contributed by atoms with Gasteiger partial charge in [-0.25, -0.2) is 4.98 Å². The summed E-state index contributed by atoms with van der Waals surface area (Å²) < 4.78 is 0. The molecule has 2 aromatic rings. The minimum absolute atomic E-state index is 0.528. The normalized spacial score (nSPS) is 14.2. The topological polar surface area (TPSA) is 64.8 Å². The first-order valence-electron chi connectivity index (χ1n) is 6.82. The van der Waals surface area contributed by atoms with Gasteiger partial charge in [0.15, 0.2) is 0 Å². The predicted molar refractivity (Wildman–Crippen MR) is 82.3 cm³/mol. The summed E-state index contributed by atoms with van der Waals surface area (Å²) in [5.41, 5.74) is 0. The Kier molecular flexibility index (Phi) is 3.45. The smallest absolute Gasteiger partial charge is 0.225 e. The van der Waals surface area contributed by atoms with Gasteiger partial charge < -0.3 is 10.2 Å². The predicted octanol–water partition coefficient (Wildman–Crippen LogP) is 2.92. The third-order valence-corrected chi connectivity index (χ3v) is 4.39. The highest BCUT2D eigenvalue weighted by molar-refractivity contribution is 7.18. The number of anilines is 2. The van der Waals surface area contributed by atoms with Crippen molar-refractivity contribution in [3.63, 3.8) is 0 Å². The lowest BCUT2D eigenvalue weighted by Crippen LogP contribution is -2.28. The number of aromatic nitrogens is 2. The van der Waals surface area contributed by atoms with E-state index in [0.717, 1.165) is 22.6 Å². The molecule has 0 spiro atoms. The van der Waals surface area contributed by atoms with Gasteiger partial charge in [0.1, 0.15) is 10.6 Å². The maximum Gasteiger partial charge on any atom is 0.225 e. The molecule has 6 heteroatoms. The summed E-state index contributed by atoms with van der Waals surface area (Å²) in [5, 5.41) is 13.0. The number of thiophene rings is 1. The van der Waals surface area contributed by atoms with Crippen LogP contribution in [0.3, 0.4) is 0 Å². The van der Waals surface area contributed by atoms with E-state index in [4.69, 9.17) is 5.26 Å². The van der Waals surface area contributed by atoms with E-state index in [0.29, 0.717) is 18.4 Å². The quantitative estimate of drug-likeness (QED) is 0.916. The van der Waals surface area contributed by atoms with Crippen molar-refractivity contribution in [3.8, 4) is 6.07 Å². The van der Waals surface area contributed by atoms with Crippen LogP contribution in [-0.4, -0.2) is 29.6 Å². The molecule has 0 bridgehead atoms. The van der Waals surface area contributed by atoms with E-state index < -0.39 is 0 Å². The summed E-state index contributed by atoms with van der Waals surface area (Å²) in [6, 6.07) is 4.92. The zero-order valence-corrected chi connectivity index (χ0v) is 12.5. The van der Waals surface area contributed by atoms with Crippen LogP contribution >= 0.6 is 11.3 Å². The molecule has 104 valence electrons. The zero-order valence-electron chi connectivity index (χ0n) is 11.7. The second-order valence-corrected chi connectivity index (χ2v) is 6.26. The first kappa shape index (κ1) is 13.1. The molecule has 1 N–H and O–H groups in total. The molecule has 1 aliphatic carbocycles. The van der Waals surface area contributed by atoms with E-state index in [1.807, 2.05) is 7.05 Å². The van der Waals surface area contributed by atoms with Crippen LogP contribution in [0.5, 0.6) is 0 Å². The fourth-order valence-electron chi connectivity index (χ4n) is 2.38. The Morgan fingerprint density at radius 2 is 2.30 bits per heavy atom. The van der Waals surface area contributed by atoms with E-state index in [9.17, 15) is 0 Å². The average molecular weight is 287 g/mol. The van der Waals surface area contributed by atoms with Crippen molar-refractivity contribution in [1.82, 2.24) is 9.97 Å². The van der Waals surface area contributed by atoms with Crippen LogP contribution in [0.1, 0.15) is 24.1 Å². The van der Waals surface area contributed by atoms with Crippen LogP contribution in [0.15, 0.2) is 6.07 Å². The molecule has 3 rings (SSSR count). The maximum atomic E-state index is 8.86. The van der Waals surface area contributed by atoms with Gasteiger partial charge in [0.05, 0.1) is 17.9 Å². The van der Waals surface area contributed by atoms with Crippen molar-refractivity contribution in [2.45, 2.75) is 32.2 Å². The molecule has 20 heavy (non-hydrogen) atoms. The molecule has 5 nitrogen and oxygen atoms in total. The Morgan fingerprint density at radius 3 is 2.95 bits per heavy atom. The number of nitriles is 1. The second kappa shape index (κ2) is 5.25. The van der Waals surface area contributed by atoms with Crippen molar-refractivity contribution < 1.29 is 0 Å². The molecule has 0 saturated heterocycles. The van der Waals surface area contributed by atoms with E-state index in [1.54, 1.807) is 11.3 Å². The van der Waals surface area contributed by atoms with Crippen LogP contribution in [0.2, 0.25) is 0 Å². The molecule has 0 radical (unpaired) electrons. The van der Waals surface area contributed by atoms with Gasteiger partial charge in [-0.1, -0.05) is 0 Å². The molecule has 0 amide bonds. The zero-order chi connectivity index (χ0) is 14.1. The lowest BCUT2D eigenvalue weighted by molar-refractivity contribution is 0.781. The first-order chi connectivity index (χ1) is 9.72. The van der Waals surface area contributed by atoms with Crippen LogP contribution in [-0.2, 0) is 0 Å². The van der Waals surface area contributed by atoms with Gasteiger partial charge in [-0.2, -0.15) is 10.2 Å². The number of fused-ring (bicyclic) bond motifs is 1. The van der Waals surface area contributed by atoms with Gasteiger partial charge in [-0.3, -0.25) is 0 Å². The summed E-state index contributed by atoms with van der Waals surface area (Å²) in [6.07, 6.45) is 2.91. The van der Waals surface area contributed by atoms with Crippen molar-refractivity contribution >= 4 is 33.3 Å². The minimum atomic E-state index is 0.528. The molecular weight excluding hydrogens is 270 g/mol. The van der Waals surface area contributed by atoms with Crippen molar-refractivity contribution in [2.75, 3.05) is 23.8 Å². The van der Waals surface area contributed by atoms with Crippen molar-refractivity contribution in [2.24, 2.45) is 0 Å². The number of aryl methyl sites for hydroxylation is 1. The lowest BCUT2D eigenvalue weighted by Gasteiger charge is -2.23. The lowest BCUT2D eigenvalue weighted by atomic mass is 10.3. The second-order valence-electron chi connectivity index (χ2n) is 5.03. The molecule has 2 heterocycles. The fourth-order valence-corrected chi connectivity index (χ4v) is 3.25. The molecule has 1 fully saturated rings. The van der Waals surface area contributed by atoms with Crippen LogP contribution in [0, 0.1) is 18.3 Å². The number of nitrogens with zero attached hydrogens (tertiary/aromatic N) is 4. The molecule has 0 atom stereocenters. The van der Waals surface area contributed by atoms with Crippen molar-refractivity contribution in [1.29, 1.82) is 5.26 Å². The molecule has 0 unspecified atom stereocenters. The fraction of sp³-hybridized carbons (Fsp3) is 0.500. The third-order valence-electron chi connectivity index (χ3n) is 3.44. The summed E-state index contributed by atoms with van der Waals surface area (Å²) in [5.74, 6) is 1.62. The monoisotopic (exact) mass is 287 g/mol. The minimum Gasteiger partial charge on any atom is -0.357 e. The largest absolute Gasteiger partial charge is 0.357 e. The Hall–Kier alpha value is -1.87. The van der Waals surface area contributed by atoms with E-state index >= 15 is 0 Å². The first-order valence-corrected chi connectivity index (χ1v) is 7.64. The van der Waals surface area contributed by atoms with Crippen LogP contribution < -0.4 is 10.2 Å². The number of nitrogens with one attached hydrogen (secondary N) is 1. The maximum absolute atomic E-state index is 8.86. The van der Waals surface area contributed by atoms with Crippen molar-refractivity contribution in [3.05, 3.63) is 10.9 Å². The summed E-state index contributed by atoms with van der Waals surface area (Å²) in [4.78, 5) is 13.7. The molecule has 1 saturated carbocycles. The van der Waals surface area contributed by atoms with E-state index in [1.165, 1.54) is 17.7 Å². The number of rotatable bonds is 5. The average Bonchev–Trinajstić information content (AvgIpc) is 3.20. The number of hydrogen-bond donors (Lipinski definition) is 1. The van der Waals surface area contributed by atoms with Crippen LogP contribution in [0.25, 0.3) is 10.2 Å². The van der Waals surface area contributed by atoms with Gasteiger partial charge in [0, 0.05) is 24.5 Å². The summed E-state index contributed by atoms with van der Waals surface area (Å²) in [6.45, 7) is 2.83. The summed E-state index contributed by atoms with van der Waals surface area (Å²) >= 11 is 1.69. The highest BCUT2D eigenvalue weighted by Gasteiger charge is 2.31.